The smallest absolute Gasteiger partial charge is 0.318 e. The number of hydrogen-bond acceptors (Lipinski definition) is 2. The summed E-state index contributed by atoms with van der Waals surface area (Å²) in [5.41, 5.74) is 0. The zero-order chi connectivity index (χ0) is 15.2. The highest BCUT2D eigenvalue weighted by Gasteiger charge is 2.39. The molecule has 1 saturated heterocycles. The number of rotatable bonds is 7. The summed E-state index contributed by atoms with van der Waals surface area (Å²) in [5, 5.41) is 5.94. The molecule has 118 valence electrons. The number of carbonyl (C=O) groups is 2. The molecule has 2 N–H and O–H groups in total. The van der Waals surface area contributed by atoms with Crippen molar-refractivity contribution in [3.05, 3.63) is 12.7 Å². The van der Waals surface area contributed by atoms with E-state index in [4.69, 9.17) is 0 Å². The van der Waals surface area contributed by atoms with Gasteiger partial charge in [-0.2, -0.15) is 0 Å². The highest BCUT2D eigenvalue weighted by Crippen LogP contribution is 2.25. The Morgan fingerprint density at radius 1 is 1.33 bits per heavy atom. The monoisotopic (exact) mass is 293 g/mol. The molecule has 1 unspecified atom stereocenters. The first-order valence-corrected chi connectivity index (χ1v) is 8.07. The van der Waals surface area contributed by atoms with Crippen LogP contribution in [0.5, 0.6) is 0 Å². The maximum Gasteiger partial charge on any atom is 0.318 e. The van der Waals surface area contributed by atoms with Gasteiger partial charge in [-0.15, -0.1) is 6.58 Å². The molecule has 21 heavy (non-hydrogen) atoms. The lowest BCUT2D eigenvalue weighted by Gasteiger charge is -2.24. The van der Waals surface area contributed by atoms with E-state index in [2.05, 4.69) is 24.1 Å². The normalized spacial score (nSPS) is 24.7. The van der Waals surface area contributed by atoms with E-state index in [9.17, 15) is 9.59 Å². The summed E-state index contributed by atoms with van der Waals surface area (Å²) >= 11 is 0. The van der Waals surface area contributed by atoms with Gasteiger partial charge in [0.25, 0.3) is 0 Å². The second-order valence-corrected chi connectivity index (χ2v) is 6.31. The molecule has 0 bridgehead atoms. The number of carbonyl (C=O) groups excluding carboxylic acids is 2. The average Bonchev–Trinajstić information content (AvgIpc) is 3.17. The van der Waals surface area contributed by atoms with Crippen LogP contribution in [0.25, 0.3) is 0 Å². The highest BCUT2D eigenvalue weighted by atomic mass is 16.2. The van der Waals surface area contributed by atoms with Gasteiger partial charge in [0, 0.05) is 19.1 Å². The third kappa shape index (κ3) is 4.76. The van der Waals surface area contributed by atoms with Crippen LogP contribution in [0.15, 0.2) is 12.7 Å². The fourth-order valence-corrected chi connectivity index (χ4v) is 2.75. The van der Waals surface area contributed by atoms with E-state index >= 15 is 0 Å². The summed E-state index contributed by atoms with van der Waals surface area (Å²) in [6.07, 6.45) is 7.76. The van der Waals surface area contributed by atoms with E-state index in [1.807, 2.05) is 6.08 Å². The van der Waals surface area contributed by atoms with Crippen LogP contribution in [0.4, 0.5) is 4.79 Å². The first-order valence-electron chi connectivity index (χ1n) is 8.07. The van der Waals surface area contributed by atoms with Crippen molar-refractivity contribution in [2.24, 2.45) is 5.92 Å². The van der Waals surface area contributed by atoms with Crippen LogP contribution in [-0.4, -0.2) is 42.0 Å². The van der Waals surface area contributed by atoms with Crippen LogP contribution >= 0.6 is 0 Å². The molecular weight excluding hydrogens is 266 g/mol. The Labute approximate surface area is 127 Å². The lowest BCUT2D eigenvalue weighted by Crippen LogP contribution is -2.50. The highest BCUT2D eigenvalue weighted by molar-refractivity contribution is 5.88. The number of hydrogen-bond donors (Lipinski definition) is 2. The minimum atomic E-state index is -0.297. The summed E-state index contributed by atoms with van der Waals surface area (Å²) in [6, 6.07) is -0.0557. The number of nitrogens with one attached hydrogen (secondary N) is 2. The van der Waals surface area contributed by atoms with Crippen molar-refractivity contribution in [1.82, 2.24) is 15.5 Å². The van der Waals surface area contributed by atoms with Gasteiger partial charge in [-0.1, -0.05) is 13.0 Å². The molecule has 0 spiro atoms. The molecule has 3 amide bonds. The SMILES string of the molecule is C=CCCCCNC(=O)N1CC(C)C[C@H]1C(=O)NC1CC1. The third-order valence-corrected chi connectivity index (χ3v) is 4.11. The Hall–Kier alpha value is -1.52. The number of urea groups is 1. The molecule has 1 saturated carbocycles. The van der Waals surface area contributed by atoms with Crippen molar-refractivity contribution in [2.75, 3.05) is 13.1 Å². The molecule has 0 aromatic carbocycles. The summed E-state index contributed by atoms with van der Waals surface area (Å²) in [6.45, 7) is 7.10. The van der Waals surface area contributed by atoms with Gasteiger partial charge in [0.15, 0.2) is 0 Å². The van der Waals surface area contributed by atoms with Crippen molar-refractivity contribution in [3.8, 4) is 0 Å². The first-order chi connectivity index (χ1) is 10.1. The molecule has 0 radical (unpaired) electrons. The number of amides is 3. The third-order valence-electron chi connectivity index (χ3n) is 4.11. The van der Waals surface area contributed by atoms with Crippen LogP contribution in [0.1, 0.15) is 45.4 Å². The van der Waals surface area contributed by atoms with E-state index in [1.54, 1.807) is 4.90 Å². The molecule has 1 heterocycles. The fourth-order valence-electron chi connectivity index (χ4n) is 2.75. The molecule has 2 fully saturated rings. The Balaban J connectivity index is 1.78. The van der Waals surface area contributed by atoms with Gasteiger partial charge in [0.05, 0.1) is 0 Å². The van der Waals surface area contributed by atoms with Gasteiger partial charge in [-0.05, 0) is 44.4 Å². The van der Waals surface area contributed by atoms with Crippen molar-refractivity contribution in [3.63, 3.8) is 0 Å². The van der Waals surface area contributed by atoms with Gasteiger partial charge in [-0.25, -0.2) is 4.79 Å². The van der Waals surface area contributed by atoms with E-state index in [0.29, 0.717) is 25.0 Å². The maximum atomic E-state index is 12.3. The fraction of sp³-hybridized carbons (Fsp3) is 0.750. The molecular formula is C16H27N3O2. The molecule has 5 nitrogen and oxygen atoms in total. The summed E-state index contributed by atoms with van der Waals surface area (Å²) < 4.78 is 0. The number of likely N-dealkylation sites (tertiary alicyclic amines) is 1. The van der Waals surface area contributed by atoms with Crippen LogP contribution in [0.3, 0.4) is 0 Å². The minimum absolute atomic E-state index is 0.0173. The van der Waals surface area contributed by atoms with Crippen molar-refractivity contribution in [1.29, 1.82) is 0 Å². The Morgan fingerprint density at radius 3 is 2.76 bits per heavy atom. The van der Waals surface area contributed by atoms with E-state index < -0.39 is 0 Å². The number of nitrogens with zero attached hydrogens (tertiary/aromatic N) is 1. The van der Waals surface area contributed by atoms with Crippen molar-refractivity contribution >= 4 is 11.9 Å². The van der Waals surface area contributed by atoms with E-state index in [1.165, 1.54) is 0 Å². The maximum absolute atomic E-state index is 12.3. The lowest BCUT2D eigenvalue weighted by atomic mass is 10.1. The summed E-state index contributed by atoms with van der Waals surface area (Å²) in [5.74, 6) is 0.398. The molecule has 1 aliphatic heterocycles. The summed E-state index contributed by atoms with van der Waals surface area (Å²) in [4.78, 5) is 26.2. The topological polar surface area (TPSA) is 61.4 Å². The van der Waals surface area contributed by atoms with Crippen LogP contribution in [-0.2, 0) is 4.79 Å². The second kappa shape index (κ2) is 7.48. The lowest BCUT2D eigenvalue weighted by molar-refractivity contribution is -0.124. The molecule has 2 atom stereocenters. The molecule has 2 aliphatic rings. The molecule has 5 heteroatoms. The Morgan fingerprint density at radius 2 is 2.10 bits per heavy atom. The summed E-state index contributed by atoms with van der Waals surface area (Å²) in [7, 11) is 0. The first kappa shape index (κ1) is 15.9. The van der Waals surface area contributed by atoms with Gasteiger partial charge < -0.3 is 15.5 Å². The largest absolute Gasteiger partial charge is 0.352 e. The second-order valence-electron chi connectivity index (χ2n) is 6.31. The van der Waals surface area contributed by atoms with Gasteiger partial charge >= 0.3 is 6.03 Å². The number of unbranched alkanes of at least 4 members (excludes halogenated alkanes) is 2. The average molecular weight is 293 g/mol. The van der Waals surface area contributed by atoms with Gasteiger partial charge in [0.2, 0.25) is 5.91 Å². The predicted molar refractivity (Wildman–Crippen MR) is 82.9 cm³/mol. The van der Waals surface area contributed by atoms with Gasteiger partial charge in [0.1, 0.15) is 6.04 Å². The predicted octanol–water partition coefficient (Wildman–Crippen LogP) is 2.04. The van der Waals surface area contributed by atoms with Crippen LogP contribution < -0.4 is 10.6 Å². The van der Waals surface area contributed by atoms with Gasteiger partial charge in [-0.3, -0.25) is 4.79 Å². The minimum Gasteiger partial charge on any atom is -0.352 e. The molecule has 2 rings (SSSR count). The zero-order valence-corrected chi connectivity index (χ0v) is 12.9. The van der Waals surface area contributed by atoms with E-state index in [-0.39, 0.29) is 18.0 Å². The van der Waals surface area contributed by atoms with E-state index in [0.717, 1.165) is 38.5 Å². The van der Waals surface area contributed by atoms with Crippen molar-refractivity contribution in [2.45, 2.75) is 57.5 Å². The van der Waals surface area contributed by atoms with Crippen LogP contribution in [0, 0.1) is 5.92 Å². The standard InChI is InChI=1S/C16H27N3O2/c1-3-4-5-6-9-17-16(21)19-11-12(2)10-14(19)15(20)18-13-7-8-13/h3,12-14H,1,4-11H2,2H3,(H,17,21)(H,18,20)/t12?,14-/m0/s1. The van der Waals surface area contributed by atoms with Crippen LogP contribution in [0.2, 0.25) is 0 Å². The molecule has 1 aliphatic carbocycles. The van der Waals surface area contributed by atoms with Crippen molar-refractivity contribution < 1.29 is 9.59 Å². The zero-order valence-electron chi connectivity index (χ0n) is 12.9. The molecule has 0 aromatic heterocycles. The number of allylic oxidation sites excluding steroid dienone is 1. The quantitative estimate of drug-likeness (QED) is 0.557. The Bertz CT molecular complexity index is 393. The Kier molecular flexibility index (Phi) is 5.65. The molecule has 0 aromatic rings.